The van der Waals surface area contributed by atoms with Crippen molar-refractivity contribution in [2.24, 2.45) is 0 Å². The van der Waals surface area contributed by atoms with Gasteiger partial charge in [0.1, 0.15) is 0 Å². The molecular formula is C20H19Cl2N3O2. The van der Waals surface area contributed by atoms with Crippen LogP contribution in [-0.2, 0) is 22.6 Å². The highest BCUT2D eigenvalue weighted by molar-refractivity contribution is 6.42. The van der Waals surface area contributed by atoms with E-state index in [0.717, 1.165) is 36.1 Å². The number of methoxy groups -OCH3 is 1. The summed E-state index contributed by atoms with van der Waals surface area (Å²) in [6.07, 6.45) is 12.5. The number of fused-ring (bicyclic) bond motifs is 1. The number of imidazole rings is 1. The van der Waals surface area contributed by atoms with E-state index in [1.54, 1.807) is 18.3 Å². The molecule has 2 aromatic heterocycles. The summed E-state index contributed by atoms with van der Waals surface area (Å²) >= 11 is 12.4. The number of aryl methyl sites for hydroxylation is 2. The van der Waals surface area contributed by atoms with Gasteiger partial charge in [-0.3, -0.25) is 4.79 Å². The number of carbonyl (C=O) groups is 1. The standard InChI is InChI=1S/C20H19Cl2N3O2/c1-27-17(13-26)5-2-4-16-10-15-11-18(21)19(22)12-20(15)25(16)8-3-7-24-9-6-23-14-24/h2,4-6,9-14H,3,7-8H2,1H3/b4-2+,17-5-. The summed E-state index contributed by atoms with van der Waals surface area (Å²) in [5.41, 5.74) is 2.01. The van der Waals surface area contributed by atoms with Gasteiger partial charge in [-0.05, 0) is 36.8 Å². The Bertz CT molecular complexity index is 988. The van der Waals surface area contributed by atoms with Crippen LogP contribution in [0.5, 0.6) is 0 Å². The molecule has 3 aromatic rings. The average Bonchev–Trinajstić information content (AvgIpc) is 3.28. The molecule has 27 heavy (non-hydrogen) atoms. The van der Waals surface area contributed by atoms with Crippen molar-refractivity contribution >= 4 is 46.5 Å². The lowest BCUT2D eigenvalue weighted by molar-refractivity contribution is -0.107. The fourth-order valence-electron chi connectivity index (χ4n) is 2.89. The largest absolute Gasteiger partial charge is 0.493 e. The number of rotatable bonds is 8. The first-order chi connectivity index (χ1) is 13.1. The number of aromatic nitrogens is 3. The van der Waals surface area contributed by atoms with Gasteiger partial charge in [-0.15, -0.1) is 0 Å². The normalized spacial score (nSPS) is 12.2. The van der Waals surface area contributed by atoms with E-state index in [1.807, 2.05) is 41.4 Å². The Morgan fingerprint density at radius 1 is 1.22 bits per heavy atom. The maximum absolute atomic E-state index is 10.8. The summed E-state index contributed by atoms with van der Waals surface area (Å²) in [5.74, 6) is 0.264. The van der Waals surface area contributed by atoms with Crippen LogP contribution >= 0.6 is 23.2 Å². The molecule has 2 heterocycles. The van der Waals surface area contributed by atoms with Crippen molar-refractivity contribution in [1.82, 2.24) is 14.1 Å². The minimum atomic E-state index is 0.264. The molecule has 0 bridgehead atoms. The van der Waals surface area contributed by atoms with E-state index < -0.39 is 0 Å². The van der Waals surface area contributed by atoms with Crippen LogP contribution in [0.1, 0.15) is 12.1 Å². The highest BCUT2D eigenvalue weighted by Gasteiger charge is 2.10. The van der Waals surface area contributed by atoms with Crippen molar-refractivity contribution in [2.75, 3.05) is 7.11 Å². The number of nitrogens with zero attached hydrogens (tertiary/aromatic N) is 3. The van der Waals surface area contributed by atoms with Crippen LogP contribution in [0.2, 0.25) is 10.0 Å². The second-order valence-corrected chi connectivity index (χ2v) is 6.76. The maximum Gasteiger partial charge on any atom is 0.184 e. The van der Waals surface area contributed by atoms with Crippen molar-refractivity contribution in [3.8, 4) is 0 Å². The summed E-state index contributed by atoms with van der Waals surface area (Å²) in [7, 11) is 1.46. The first-order valence-electron chi connectivity index (χ1n) is 8.44. The summed E-state index contributed by atoms with van der Waals surface area (Å²) in [6, 6.07) is 5.80. The zero-order valence-electron chi connectivity index (χ0n) is 14.8. The molecule has 0 atom stereocenters. The molecule has 0 amide bonds. The van der Waals surface area contributed by atoms with Gasteiger partial charge in [0, 0.05) is 36.6 Å². The summed E-state index contributed by atoms with van der Waals surface area (Å²) < 4.78 is 9.19. The lowest BCUT2D eigenvalue weighted by Crippen LogP contribution is -2.04. The van der Waals surface area contributed by atoms with Crippen LogP contribution in [0.25, 0.3) is 17.0 Å². The fraction of sp³-hybridized carbons (Fsp3) is 0.200. The SMILES string of the molecule is CO/C(C=O)=C\C=C\c1cc2cc(Cl)c(Cl)cc2n1CCCn1ccnc1. The van der Waals surface area contributed by atoms with E-state index in [-0.39, 0.29) is 5.76 Å². The third-order valence-corrected chi connectivity index (χ3v) is 4.93. The van der Waals surface area contributed by atoms with E-state index in [0.29, 0.717) is 16.3 Å². The number of ether oxygens (including phenoxy) is 1. The van der Waals surface area contributed by atoms with Crippen LogP contribution in [0.15, 0.2) is 54.8 Å². The third kappa shape index (κ3) is 4.62. The van der Waals surface area contributed by atoms with Gasteiger partial charge < -0.3 is 13.9 Å². The first kappa shape index (κ1) is 19.3. The third-order valence-electron chi connectivity index (χ3n) is 4.21. The summed E-state index contributed by atoms with van der Waals surface area (Å²) in [6.45, 7) is 1.66. The van der Waals surface area contributed by atoms with Gasteiger partial charge in [-0.2, -0.15) is 0 Å². The molecule has 0 aliphatic carbocycles. The van der Waals surface area contributed by atoms with E-state index in [1.165, 1.54) is 7.11 Å². The Morgan fingerprint density at radius 2 is 2.04 bits per heavy atom. The van der Waals surface area contributed by atoms with Gasteiger partial charge in [0.15, 0.2) is 12.0 Å². The van der Waals surface area contributed by atoms with Crippen LogP contribution in [0.4, 0.5) is 0 Å². The number of hydrogen-bond acceptors (Lipinski definition) is 3. The molecule has 5 nitrogen and oxygen atoms in total. The highest BCUT2D eigenvalue weighted by atomic mass is 35.5. The Morgan fingerprint density at radius 3 is 2.74 bits per heavy atom. The molecule has 0 aliphatic rings. The van der Waals surface area contributed by atoms with Crippen molar-refractivity contribution in [3.05, 3.63) is 70.6 Å². The summed E-state index contributed by atoms with van der Waals surface area (Å²) in [5, 5.41) is 2.06. The zero-order chi connectivity index (χ0) is 19.2. The van der Waals surface area contributed by atoms with Gasteiger partial charge in [-0.1, -0.05) is 29.3 Å². The molecular weight excluding hydrogens is 385 g/mol. The average molecular weight is 404 g/mol. The highest BCUT2D eigenvalue weighted by Crippen LogP contribution is 2.30. The number of halogens is 2. The molecule has 7 heteroatoms. The number of hydrogen-bond donors (Lipinski definition) is 0. The fourth-order valence-corrected chi connectivity index (χ4v) is 3.22. The molecule has 3 rings (SSSR count). The Labute approximate surface area is 167 Å². The van der Waals surface area contributed by atoms with Crippen molar-refractivity contribution in [1.29, 1.82) is 0 Å². The van der Waals surface area contributed by atoms with Gasteiger partial charge in [0.2, 0.25) is 0 Å². The number of aldehydes is 1. The second-order valence-electron chi connectivity index (χ2n) is 5.95. The van der Waals surface area contributed by atoms with Crippen LogP contribution < -0.4 is 0 Å². The Kier molecular flexibility index (Phi) is 6.37. The van der Waals surface area contributed by atoms with Crippen molar-refractivity contribution in [2.45, 2.75) is 19.5 Å². The van der Waals surface area contributed by atoms with Gasteiger partial charge in [-0.25, -0.2) is 4.98 Å². The molecule has 0 aliphatic heterocycles. The lowest BCUT2D eigenvalue weighted by atomic mass is 10.2. The molecule has 0 spiro atoms. The van der Waals surface area contributed by atoms with E-state index in [2.05, 4.69) is 9.55 Å². The van der Waals surface area contributed by atoms with E-state index in [9.17, 15) is 4.79 Å². The molecule has 0 radical (unpaired) electrons. The Hall–Kier alpha value is -2.50. The van der Waals surface area contributed by atoms with Gasteiger partial charge in [0.05, 0.1) is 29.0 Å². The molecule has 0 unspecified atom stereocenters. The van der Waals surface area contributed by atoms with Crippen molar-refractivity contribution in [3.63, 3.8) is 0 Å². The predicted octanol–water partition coefficient (Wildman–Crippen LogP) is 4.98. The second kappa shape index (κ2) is 8.93. The minimum absolute atomic E-state index is 0.264. The Balaban J connectivity index is 1.91. The molecule has 0 fully saturated rings. The van der Waals surface area contributed by atoms with Gasteiger partial charge in [0.25, 0.3) is 0 Å². The number of carbonyl (C=O) groups excluding carboxylic acids is 1. The minimum Gasteiger partial charge on any atom is -0.493 e. The molecule has 140 valence electrons. The topological polar surface area (TPSA) is 49.0 Å². The van der Waals surface area contributed by atoms with E-state index >= 15 is 0 Å². The monoisotopic (exact) mass is 403 g/mol. The summed E-state index contributed by atoms with van der Waals surface area (Å²) in [4.78, 5) is 14.9. The first-order valence-corrected chi connectivity index (χ1v) is 9.19. The maximum atomic E-state index is 10.8. The number of allylic oxidation sites excluding steroid dienone is 3. The van der Waals surface area contributed by atoms with Crippen molar-refractivity contribution < 1.29 is 9.53 Å². The van der Waals surface area contributed by atoms with Crippen LogP contribution in [0.3, 0.4) is 0 Å². The van der Waals surface area contributed by atoms with Gasteiger partial charge >= 0.3 is 0 Å². The molecule has 0 saturated carbocycles. The zero-order valence-corrected chi connectivity index (χ0v) is 16.3. The molecule has 0 N–H and O–H groups in total. The van der Waals surface area contributed by atoms with Crippen LogP contribution in [0, 0.1) is 0 Å². The molecule has 1 aromatic carbocycles. The predicted molar refractivity (Wildman–Crippen MR) is 109 cm³/mol. The number of benzene rings is 1. The molecule has 0 saturated heterocycles. The lowest BCUT2D eigenvalue weighted by Gasteiger charge is -2.10. The quantitative estimate of drug-likeness (QED) is 0.230. The van der Waals surface area contributed by atoms with E-state index in [4.69, 9.17) is 27.9 Å². The van der Waals surface area contributed by atoms with Crippen LogP contribution in [-0.4, -0.2) is 27.5 Å². The smallest absolute Gasteiger partial charge is 0.184 e.